The zero-order valence-electron chi connectivity index (χ0n) is 18.2. The molecule has 7 nitrogen and oxygen atoms in total. The third kappa shape index (κ3) is 6.62. The van der Waals surface area contributed by atoms with Gasteiger partial charge in [0.2, 0.25) is 11.9 Å². The maximum Gasteiger partial charge on any atom is 0.416 e. The molecule has 1 amide bonds. The molecular weight excluding hydrogens is 519 g/mol. The fourth-order valence-electron chi connectivity index (χ4n) is 3.62. The summed E-state index contributed by atoms with van der Waals surface area (Å²) in [6, 6.07) is 4.14. The van der Waals surface area contributed by atoms with Gasteiger partial charge in [-0.05, 0) is 51.0 Å². The number of alkyl halides is 3. The van der Waals surface area contributed by atoms with Gasteiger partial charge in [-0.3, -0.25) is 9.00 Å². The molecule has 198 valence electrons. The van der Waals surface area contributed by atoms with E-state index in [9.17, 15) is 22.2 Å². The molecule has 35 heavy (non-hydrogen) atoms. The second-order valence-corrected chi connectivity index (χ2v) is 9.59. The van der Waals surface area contributed by atoms with Crippen LogP contribution in [-0.2, 0) is 21.8 Å². The summed E-state index contributed by atoms with van der Waals surface area (Å²) >= 11 is 0. The third-order valence-corrected chi connectivity index (χ3v) is 7.49. The van der Waals surface area contributed by atoms with Crippen molar-refractivity contribution in [1.29, 1.82) is 0 Å². The summed E-state index contributed by atoms with van der Waals surface area (Å²) in [7, 11) is 0.417. The van der Waals surface area contributed by atoms with Gasteiger partial charge in [-0.1, -0.05) is 14.9 Å². The fraction of sp³-hybridized carbons (Fsp3) is 0.500. The van der Waals surface area contributed by atoms with Crippen molar-refractivity contribution in [2.75, 3.05) is 22.6 Å². The number of rotatable bonds is 4. The number of aromatic nitrogens is 2. The predicted octanol–water partition coefficient (Wildman–Crippen LogP) is 4.83. The number of likely N-dealkylation sites (N-methyl/N-ethyl adjacent to an activating group) is 1. The molecule has 2 atom stereocenters. The Morgan fingerprint density at radius 3 is 2.23 bits per heavy atom. The highest BCUT2D eigenvalue weighted by Gasteiger charge is 2.36. The van der Waals surface area contributed by atoms with Crippen LogP contribution >= 0.6 is 27.0 Å². The van der Waals surface area contributed by atoms with Gasteiger partial charge in [-0.25, -0.2) is 4.98 Å². The molecule has 1 aromatic heterocycles. The summed E-state index contributed by atoms with van der Waals surface area (Å²) in [6.07, 6.45) is -3.22. The molecule has 0 bridgehead atoms. The number of amides is 1. The number of benzene rings is 1. The lowest BCUT2D eigenvalue weighted by molar-refractivity contribution is -0.137. The number of fused-ring (bicyclic) bond motifs is 1. The van der Waals surface area contributed by atoms with Crippen molar-refractivity contribution in [3.8, 4) is 0 Å². The van der Waals surface area contributed by atoms with Crippen molar-refractivity contribution in [1.82, 2.24) is 9.97 Å². The molecule has 2 aromatic rings. The van der Waals surface area contributed by atoms with Crippen LogP contribution in [0.2, 0.25) is 0 Å². The topological polar surface area (TPSA) is 87.2 Å². The summed E-state index contributed by atoms with van der Waals surface area (Å²) in [5.41, 5.74) is 0.478. The van der Waals surface area contributed by atoms with Gasteiger partial charge in [0.25, 0.3) is 0 Å². The zero-order chi connectivity index (χ0) is 22.5. The monoisotopic (exact) mass is 553 g/mol. The number of carbonyl (C=O) groups is 1. The van der Waals surface area contributed by atoms with E-state index in [2.05, 4.69) is 20.6 Å². The molecule has 2 heterocycles. The van der Waals surface area contributed by atoms with Crippen molar-refractivity contribution in [2.24, 2.45) is 0 Å². The number of halogens is 3. The van der Waals surface area contributed by atoms with Crippen LogP contribution in [0, 0.1) is 6.92 Å². The SMILES string of the molecule is C.C.Cc1nc(NC2CC([S@](=O)c3ccc(C(F)(F)F)cc3)C2)nc2c1NC(=O)[C@H](C)N2C.S.S. The summed E-state index contributed by atoms with van der Waals surface area (Å²) in [6.45, 7) is 3.58. The minimum Gasteiger partial charge on any atom is -0.351 e. The smallest absolute Gasteiger partial charge is 0.351 e. The van der Waals surface area contributed by atoms with Crippen molar-refractivity contribution in [3.63, 3.8) is 0 Å². The first kappa shape index (κ1) is 33.0. The van der Waals surface area contributed by atoms with E-state index in [-0.39, 0.29) is 65.1 Å². The molecule has 0 radical (unpaired) electrons. The Kier molecular flexibility index (Phi) is 11.6. The molecule has 1 fully saturated rings. The second kappa shape index (κ2) is 12.3. The first-order valence-corrected chi connectivity index (χ1v) is 11.0. The highest BCUT2D eigenvalue weighted by atomic mass is 32.2. The number of anilines is 3. The van der Waals surface area contributed by atoms with Crippen LogP contribution < -0.4 is 15.5 Å². The van der Waals surface area contributed by atoms with Gasteiger partial charge < -0.3 is 15.5 Å². The van der Waals surface area contributed by atoms with E-state index in [0.717, 1.165) is 12.1 Å². The van der Waals surface area contributed by atoms with Gasteiger partial charge in [0.1, 0.15) is 11.7 Å². The molecular formula is C22H34F3N5O2S3. The average molecular weight is 554 g/mol. The highest BCUT2D eigenvalue weighted by molar-refractivity contribution is 7.85. The Morgan fingerprint density at radius 2 is 1.69 bits per heavy atom. The molecule has 1 saturated carbocycles. The number of aryl methyl sites for hydroxylation is 1. The lowest BCUT2D eigenvalue weighted by Gasteiger charge is -2.36. The van der Waals surface area contributed by atoms with Gasteiger partial charge in [0.15, 0.2) is 5.82 Å². The van der Waals surface area contributed by atoms with Crippen molar-refractivity contribution in [2.45, 2.75) is 69.9 Å². The van der Waals surface area contributed by atoms with Crippen LogP contribution in [0.4, 0.5) is 30.6 Å². The molecule has 0 unspecified atom stereocenters. The Balaban J connectivity index is 0.00000289. The molecule has 2 N–H and O–H groups in total. The van der Waals surface area contributed by atoms with Crippen molar-refractivity contribution >= 4 is 61.2 Å². The third-order valence-electron chi connectivity index (χ3n) is 5.76. The summed E-state index contributed by atoms with van der Waals surface area (Å²) in [5, 5.41) is 5.92. The molecule has 13 heteroatoms. The van der Waals surface area contributed by atoms with E-state index >= 15 is 0 Å². The maximum absolute atomic E-state index is 12.7. The molecule has 4 rings (SSSR count). The van der Waals surface area contributed by atoms with Gasteiger partial charge in [0, 0.05) is 23.2 Å². The van der Waals surface area contributed by atoms with Gasteiger partial charge in [-0.2, -0.15) is 45.1 Å². The van der Waals surface area contributed by atoms with E-state index in [0.29, 0.717) is 40.9 Å². The van der Waals surface area contributed by atoms with Crippen LogP contribution in [0.25, 0.3) is 0 Å². The summed E-state index contributed by atoms with van der Waals surface area (Å²) in [4.78, 5) is 23.1. The predicted molar refractivity (Wildman–Crippen MR) is 146 cm³/mol. The summed E-state index contributed by atoms with van der Waals surface area (Å²) < 4.78 is 50.7. The first-order chi connectivity index (χ1) is 14.5. The summed E-state index contributed by atoms with van der Waals surface area (Å²) in [5.74, 6) is 0.941. The molecule has 0 saturated heterocycles. The highest BCUT2D eigenvalue weighted by Crippen LogP contribution is 2.35. The normalized spacial score (nSPS) is 21.4. The quantitative estimate of drug-likeness (QED) is 0.564. The van der Waals surface area contributed by atoms with Crippen LogP contribution in [-0.4, -0.2) is 44.5 Å². The molecule has 1 aliphatic heterocycles. The molecule has 1 aliphatic carbocycles. The van der Waals surface area contributed by atoms with E-state index in [1.54, 1.807) is 25.8 Å². The van der Waals surface area contributed by atoms with Crippen molar-refractivity contribution < 1.29 is 22.2 Å². The van der Waals surface area contributed by atoms with E-state index < -0.39 is 22.5 Å². The Hall–Kier alpha value is -1.99. The Labute approximate surface area is 221 Å². The van der Waals surface area contributed by atoms with Gasteiger partial charge in [0.05, 0.1) is 22.1 Å². The minimum absolute atomic E-state index is 0. The lowest BCUT2D eigenvalue weighted by Crippen LogP contribution is -2.45. The number of hydrogen-bond acceptors (Lipinski definition) is 6. The van der Waals surface area contributed by atoms with Crippen LogP contribution in [0.5, 0.6) is 0 Å². The van der Waals surface area contributed by atoms with E-state index in [1.165, 1.54) is 12.1 Å². The number of nitrogens with zero attached hydrogens (tertiary/aromatic N) is 3. The number of carbonyl (C=O) groups excluding carboxylic acids is 1. The number of nitrogens with one attached hydrogen (secondary N) is 2. The van der Waals surface area contributed by atoms with Gasteiger partial charge in [-0.15, -0.1) is 0 Å². The molecule has 0 spiro atoms. The van der Waals surface area contributed by atoms with Crippen LogP contribution in [0.1, 0.15) is 45.9 Å². The molecule has 2 aliphatic rings. The first-order valence-electron chi connectivity index (χ1n) is 9.81. The standard InChI is InChI=1S/C20H22F3N5O2S.2CH4.2H2S/c1-10-16-17(28(3)11(2)18(29)26-16)27-19(24-10)25-13-8-15(9-13)31(30)14-6-4-12(5-7-14)20(21,22)23;;;;/h4-7,11,13,15H,8-9H2,1-3H3,(H,26,29)(H,24,25,27);2*1H4;2*1H2/t11-,13?,15?,31+;;;;/m0..../s1. The maximum atomic E-state index is 12.7. The fourth-order valence-corrected chi connectivity index (χ4v) is 5.23. The van der Waals surface area contributed by atoms with Crippen LogP contribution in [0.15, 0.2) is 29.2 Å². The van der Waals surface area contributed by atoms with Crippen LogP contribution in [0.3, 0.4) is 0 Å². The largest absolute Gasteiger partial charge is 0.416 e. The Bertz CT molecular complexity index is 1050. The van der Waals surface area contributed by atoms with Gasteiger partial charge >= 0.3 is 6.18 Å². The zero-order valence-corrected chi connectivity index (χ0v) is 21.0. The molecule has 1 aromatic carbocycles. The lowest BCUT2D eigenvalue weighted by atomic mass is 9.92. The number of hydrogen-bond donors (Lipinski definition) is 2. The van der Waals surface area contributed by atoms with E-state index in [1.807, 2.05) is 0 Å². The van der Waals surface area contributed by atoms with E-state index in [4.69, 9.17) is 0 Å². The second-order valence-electron chi connectivity index (χ2n) is 7.86. The Morgan fingerprint density at radius 1 is 1.11 bits per heavy atom. The average Bonchev–Trinajstić information content (AvgIpc) is 2.68. The van der Waals surface area contributed by atoms with Crippen molar-refractivity contribution in [3.05, 3.63) is 35.5 Å². The minimum atomic E-state index is -4.41.